The van der Waals surface area contributed by atoms with Gasteiger partial charge in [-0.15, -0.1) is 0 Å². The average Bonchev–Trinajstić information content (AvgIpc) is 2.62. The number of hydrogen-bond acceptors (Lipinski definition) is 5. The molecule has 1 aliphatic rings. The van der Waals surface area contributed by atoms with Gasteiger partial charge in [0.25, 0.3) is 0 Å². The van der Waals surface area contributed by atoms with Crippen LogP contribution in [-0.2, 0) is 9.53 Å². The summed E-state index contributed by atoms with van der Waals surface area (Å²) < 4.78 is 10.4. The normalized spacial score (nSPS) is 19.2. The molecular formula is C11H17N3O3. The van der Waals surface area contributed by atoms with Gasteiger partial charge in [-0.3, -0.25) is 9.69 Å². The van der Waals surface area contributed by atoms with Crippen LogP contribution in [0.3, 0.4) is 0 Å². The maximum atomic E-state index is 11.7. The SMILES string of the molecule is Cc1noc(C)c1C(C(N)=O)N1CCOCC1. The van der Waals surface area contributed by atoms with Gasteiger partial charge < -0.3 is 15.0 Å². The van der Waals surface area contributed by atoms with E-state index in [1.54, 1.807) is 6.92 Å². The highest BCUT2D eigenvalue weighted by atomic mass is 16.5. The molecule has 1 aliphatic heterocycles. The fourth-order valence-corrected chi connectivity index (χ4v) is 2.22. The molecule has 1 amide bonds. The van der Waals surface area contributed by atoms with E-state index in [1.165, 1.54) is 0 Å². The largest absolute Gasteiger partial charge is 0.379 e. The number of carbonyl (C=O) groups is 1. The quantitative estimate of drug-likeness (QED) is 0.812. The number of morpholine rings is 1. The summed E-state index contributed by atoms with van der Waals surface area (Å²) in [5.41, 5.74) is 7.02. The Labute approximate surface area is 99.7 Å². The minimum absolute atomic E-state index is 0.374. The van der Waals surface area contributed by atoms with Crippen molar-refractivity contribution in [3.05, 3.63) is 17.0 Å². The summed E-state index contributed by atoms with van der Waals surface area (Å²) >= 11 is 0. The fourth-order valence-electron chi connectivity index (χ4n) is 2.22. The Hall–Kier alpha value is -1.40. The highest BCUT2D eigenvalue weighted by Crippen LogP contribution is 2.27. The van der Waals surface area contributed by atoms with E-state index in [1.807, 2.05) is 11.8 Å². The molecule has 17 heavy (non-hydrogen) atoms. The molecule has 6 nitrogen and oxygen atoms in total. The van der Waals surface area contributed by atoms with Gasteiger partial charge in [-0.25, -0.2) is 0 Å². The standard InChI is InChI=1S/C11H17N3O3/c1-7-9(8(2)17-13-7)10(11(12)15)14-3-5-16-6-4-14/h10H,3-6H2,1-2H3,(H2,12,15). The van der Waals surface area contributed by atoms with E-state index in [-0.39, 0.29) is 5.91 Å². The van der Waals surface area contributed by atoms with Crippen LogP contribution >= 0.6 is 0 Å². The van der Waals surface area contributed by atoms with Crippen LogP contribution in [0.4, 0.5) is 0 Å². The molecule has 94 valence electrons. The predicted octanol–water partition coefficient (Wildman–Crippen LogP) is 0.150. The molecule has 0 aromatic carbocycles. The molecule has 0 aliphatic carbocycles. The van der Waals surface area contributed by atoms with Crippen molar-refractivity contribution in [1.29, 1.82) is 0 Å². The maximum Gasteiger partial charge on any atom is 0.239 e. The molecule has 1 unspecified atom stereocenters. The number of ether oxygens (including phenoxy) is 1. The van der Waals surface area contributed by atoms with Crippen molar-refractivity contribution in [3.63, 3.8) is 0 Å². The topological polar surface area (TPSA) is 81.6 Å². The van der Waals surface area contributed by atoms with Crippen LogP contribution in [0.1, 0.15) is 23.1 Å². The third-order valence-corrected chi connectivity index (χ3v) is 3.04. The summed E-state index contributed by atoms with van der Waals surface area (Å²) in [6.45, 7) is 6.24. The number of hydrogen-bond donors (Lipinski definition) is 1. The van der Waals surface area contributed by atoms with E-state index in [4.69, 9.17) is 15.0 Å². The second kappa shape index (κ2) is 4.85. The lowest BCUT2D eigenvalue weighted by Gasteiger charge is -2.32. The molecule has 1 atom stereocenters. The molecule has 1 fully saturated rings. The number of carbonyl (C=O) groups excluding carboxylic acids is 1. The lowest BCUT2D eigenvalue weighted by atomic mass is 10.0. The van der Waals surface area contributed by atoms with E-state index in [2.05, 4.69) is 5.16 Å². The number of amides is 1. The van der Waals surface area contributed by atoms with Crippen LogP contribution in [0.5, 0.6) is 0 Å². The van der Waals surface area contributed by atoms with Crippen LogP contribution in [0.2, 0.25) is 0 Å². The number of nitrogens with two attached hydrogens (primary N) is 1. The van der Waals surface area contributed by atoms with Gasteiger partial charge in [-0.1, -0.05) is 5.16 Å². The molecular weight excluding hydrogens is 222 g/mol. The van der Waals surface area contributed by atoms with Gasteiger partial charge in [-0.05, 0) is 13.8 Å². The van der Waals surface area contributed by atoms with Crippen molar-refractivity contribution >= 4 is 5.91 Å². The Morgan fingerprint density at radius 1 is 1.41 bits per heavy atom. The lowest BCUT2D eigenvalue weighted by molar-refractivity contribution is -0.125. The smallest absolute Gasteiger partial charge is 0.239 e. The molecule has 0 saturated carbocycles. The van der Waals surface area contributed by atoms with Crippen LogP contribution in [0, 0.1) is 13.8 Å². The Morgan fingerprint density at radius 3 is 2.53 bits per heavy atom. The zero-order chi connectivity index (χ0) is 12.4. The van der Waals surface area contributed by atoms with Crippen LogP contribution in [0.25, 0.3) is 0 Å². The number of nitrogens with zero attached hydrogens (tertiary/aromatic N) is 2. The number of rotatable bonds is 3. The zero-order valence-electron chi connectivity index (χ0n) is 10.1. The van der Waals surface area contributed by atoms with Gasteiger partial charge in [0.15, 0.2) is 0 Å². The minimum Gasteiger partial charge on any atom is -0.379 e. The molecule has 1 saturated heterocycles. The molecule has 1 aromatic heterocycles. The van der Waals surface area contributed by atoms with Gasteiger partial charge in [0.2, 0.25) is 5.91 Å². The molecule has 0 spiro atoms. The molecule has 0 radical (unpaired) electrons. The lowest BCUT2D eigenvalue weighted by Crippen LogP contribution is -2.44. The van der Waals surface area contributed by atoms with Crippen molar-refractivity contribution in [2.45, 2.75) is 19.9 Å². The Bertz CT molecular complexity index is 391. The van der Waals surface area contributed by atoms with Gasteiger partial charge in [0, 0.05) is 18.7 Å². The van der Waals surface area contributed by atoms with Gasteiger partial charge >= 0.3 is 0 Å². The molecule has 1 aromatic rings. The van der Waals surface area contributed by atoms with Crippen LogP contribution in [-0.4, -0.2) is 42.3 Å². The summed E-state index contributed by atoms with van der Waals surface area (Å²) in [6.07, 6.45) is 0. The highest BCUT2D eigenvalue weighted by Gasteiger charge is 2.31. The summed E-state index contributed by atoms with van der Waals surface area (Å²) in [5, 5.41) is 3.87. The van der Waals surface area contributed by atoms with Crippen LogP contribution in [0.15, 0.2) is 4.52 Å². The summed E-state index contributed by atoms with van der Waals surface area (Å²) in [5.74, 6) is 0.277. The van der Waals surface area contributed by atoms with Crippen molar-refractivity contribution in [2.75, 3.05) is 26.3 Å². The molecule has 6 heteroatoms. The van der Waals surface area contributed by atoms with E-state index in [0.717, 1.165) is 11.3 Å². The first-order valence-electron chi connectivity index (χ1n) is 5.65. The van der Waals surface area contributed by atoms with Crippen molar-refractivity contribution < 1.29 is 14.1 Å². The van der Waals surface area contributed by atoms with E-state index >= 15 is 0 Å². The van der Waals surface area contributed by atoms with Gasteiger partial charge in [0.05, 0.1) is 18.9 Å². The van der Waals surface area contributed by atoms with E-state index in [0.29, 0.717) is 32.1 Å². The third kappa shape index (κ3) is 2.32. The highest BCUT2D eigenvalue weighted by molar-refractivity contribution is 5.82. The number of aryl methyl sites for hydroxylation is 2. The first-order valence-corrected chi connectivity index (χ1v) is 5.65. The maximum absolute atomic E-state index is 11.7. The van der Waals surface area contributed by atoms with E-state index in [9.17, 15) is 4.79 Å². The molecule has 2 N–H and O–H groups in total. The zero-order valence-corrected chi connectivity index (χ0v) is 10.1. The number of aromatic nitrogens is 1. The van der Waals surface area contributed by atoms with Crippen molar-refractivity contribution in [2.24, 2.45) is 5.73 Å². The predicted molar refractivity (Wildman–Crippen MR) is 60.3 cm³/mol. The Balaban J connectivity index is 2.31. The van der Waals surface area contributed by atoms with Gasteiger partial charge in [-0.2, -0.15) is 0 Å². The fraction of sp³-hybridized carbons (Fsp3) is 0.636. The Kier molecular flexibility index (Phi) is 3.44. The third-order valence-electron chi connectivity index (χ3n) is 3.04. The second-order valence-electron chi connectivity index (χ2n) is 4.19. The first-order chi connectivity index (χ1) is 8.11. The summed E-state index contributed by atoms with van der Waals surface area (Å²) in [4.78, 5) is 13.7. The monoisotopic (exact) mass is 239 g/mol. The van der Waals surface area contributed by atoms with Crippen molar-refractivity contribution in [1.82, 2.24) is 10.1 Å². The van der Waals surface area contributed by atoms with Crippen molar-refractivity contribution in [3.8, 4) is 0 Å². The van der Waals surface area contributed by atoms with E-state index < -0.39 is 6.04 Å². The number of primary amides is 1. The summed E-state index contributed by atoms with van der Waals surface area (Å²) in [7, 11) is 0. The second-order valence-corrected chi connectivity index (χ2v) is 4.19. The minimum atomic E-state index is -0.467. The first kappa shape index (κ1) is 12.1. The molecule has 2 heterocycles. The Morgan fingerprint density at radius 2 is 2.06 bits per heavy atom. The molecule has 2 rings (SSSR count). The average molecular weight is 239 g/mol. The molecule has 0 bridgehead atoms. The van der Waals surface area contributed by atoms with Gasteiger partial charge in [0.1, 0.15) is 11.8 Å². The van der Waals surface area contributed by atoms with Crippen LogP contribution < -0.4 is 5.73 Å². The summed E-state index contributed by atoms with van der Waals surface area (Å²) in [6, 6.07) is -0.467.